The van der Waals surface area contributed by atoms with E-state index in [4.69, 9.17) is 0 Å². The number of hydrogen-bond donors (Lipinski definition) is 1. The standard InChI is InChI=1S/C9H18N2O/c1-9(2,3)8(12)11-6-4-10-5-7-11/h10H,4-7H2,1-3H3/p+1. The van der Waals surface area contributed by atoms with Gasteiger partial charge in [0.05, 0.1) is 26.2 Å². The Morgan fingerprint density at radius 3 is 2.17 bits per heavy atom. The van der Waals surface area contributed by atoms with Crippen molar-refractivity contribution in [2.45, 2.75) is 20.8 Å². The van der Waals surface area contributed by atoms with E-state index in [1.54, 1.807) is 0 Å². The fourth-order valence-corrected chi connectivity index (χ4v) is 1.43. The highest BCUT2D eigenvalue weighted by atomic mass is 16.2. The number of carbonyl (C=O) groups excluding carboxylic acids is 1. The zero-order valence-electron chi connectivity index (χ0n) is 8.26. The van der Waals surface area contributed by atoms with Crippen LogP contribution in [0, 0.1) is 5.41 Å². The van der Waals surface area contributed by atoms with Crippen molar-refractivity contribution in [1.29, 1.82) is 0 Å². The molecule has 1 aliphatic heterocycles. The number of rotatable bonds is 0. The van der Waals surface area contributed by atoms with Gasteiger partial charge in [0.25, 0.3) is 0 Å². The molecule has 0 saturated carbocycles. The van der Waals surface area contributed by atoms with Gasteiger partial charge < -0.3 is 10.2 Å². The summed E-state index contributed by atoms with van der Waals surface area (Å²) in [7, 11) is 0. The second kappa shape index (κ2) is 3.44. The Kier molecular flexibility index (Phi) is 2.73. The average Bonchev–Trinajstić information content (AvgIpc) is 2.03. The third kappa shape index (κ3) is 2.21. The highest BCUT2D eigenvalue weighted by molar-refractivity contribution is 5.81. The second-order valence-corrected chi connectivity index (χ2v) is 4.41. The number of nitrogens with two attached hydrogens (primary N) is 1. The molecule has 70 valence electrons. The Morgan fingerprint density at radius 2 is 1.75 bits per heavy atom. The molecule has 3 heteroatoms. The van der Waals surface area contributed by atoms with E-state index >= 15 is 0 Å². The first-order chi connectivity index (χ1) is 5.52. The van der Waals surface area contributed by atoms with Crippen molar-refractivity contribution >= 4 is 5.91 Å². The Morgan fingerprint density at radius 1 is 1.25 bits per heavy atom. The van der Waals surface area contributed by atoms with Gasteiger partial charge in [-0.1, -0.05) is 20.8 Å². The number of carbonyl (C=O) groups is 1. The monoisotopic (exact) mass is 171 g/mol. The van der Waals surface area contributed by atoms with E-state index in [1.165, 1.54) is 0 Å². The van der Waals surface area contributed by atoms with Gasteiger partial charge in [0.2, 0.25) is 5.91 Å². The van der Waals surface area contributed by atoms with E-state index in [0.29, 0.717) is 0 Å². The SMILES string of the molecule is CC(C)(C)C(=O)N1CC[NH2+]CC1. The van der Waals surface area contributed by atoms with Crippen molar-refractivity contribution in [3.8, 4) is 0 Å². The first kappa shape index (κ1) is 9.52. The van der Waals surface area contributed by atoms with Crippen LogP contribution < -0.4 is 5.32 Å². The van der Waals surface area contributed by atoms with Gasteiger partial charge in [-0.05, 0) is 0 Å². The molecular weight excluding hydrogens is 152 g/mol. The lowest BCUT2D eigenvalue weighted by molar-refractivity contribution is -0.662. The summed E-state index contributed by atoms with van der Waals surface area (Å²) >= 11 is 0. The van der Waals surface area contributed by atoms with Crippen LogP contribution >= 0.6 is 0 Å². The van der Waals surface area contributed by atoms with E-state index in [9.17, 15) is 4.79 Å². The fourth-order valence-electron chi connectivity index (χ4n) is 1.43. The van der Waals surface area contributed by atoms with Gasteiger partial charge >= 0.3 is 0 Å². The first-order valence-electron chi connectivity index (χ1n) is 4.63. The molecule has 0 atom stereocenters. The Balaban J connectivity index is 2.51. The van der Waals surface area contributed by atoms with Gasteiger partial charge in [-0.15, -0.1) is 0 Å². The van der Waals surface area contributed by atoms with Gasteiger partial charge in [0.1, 0.15) is 0 Å². The normalized spacial score (nSPS) is 19.4. The fraction of sp³-hybridized carbons (Fsp3) is 0.889. The Hall–Kier alpha value is -0.570. The van der Waals surface area contributed by atoms with E-state index in [2.05, 4.69) is 5.32 Å². The summed E-state index contributed by atoms with van der Waals surface area (Å²) in [6.45, 7) is 9.88. The molecule has 0 aromatic carbocycles. The Bertz CT molecular complexity index is 166. The van der Waals surface area contributed by atoms with Gasteiger partial charge in [0, 0.05) is 5.41 Å². The number of amides is 1. The van der Waals surface area contributed by atoms with Crippen molar-refractivity contribution in [2.24, 2.45) is 5.41 Å². The molecule has 1 rings (SSSR count). The van der Waals surface area contributed by atoms with Crippen LogP contribution in [0.2, 0.25) is 0 Å². The smallest absolute Gasteiger partial charge is 0.228 e. The lowest BCUT2D eigenvalue weighted by atomic mass is 9.94. The highest BCUT2D eigenvalue weighted by Gasteiger charge is 2.28. The molecule has 1 saturated heterocycles. The molecule has 0 aliphatic carbocycles. The summed E-state index contributed by atoms with van der Waals surface area (Å²) in [5.74, 6) is 0.288. The summed E-state index contributed by atoms with van der Waals surface area (Å²) in [4.78, 5) is 13.7. The van der Waals surface area contributed by atoms with E-state index in [1.807, 2.05) is 25.7 Å². The predicted octanol–water partition coefficient (Wildman–Crippen LogP) is -0.562. The van der Waals surface area contributed by atoms with Crippen LogP contribution in [0.3, 0.4) is 0 Å². The van der Waals surface area contributed by atoms with Gasteiger partial charge in [-0.2, -0.15) is 0 Å². The van der Waals surface area contributed by atoms with Crippen LogP contribution in [0.15, 0.2) is 0 Å². The molecule has 2 N–H and O–H groups in total. The minimum atomic E-state index is -0.211. The van der Waals surface area contributed by atoms with Crippen molar-refractivity contribution in [2.75, 3.05) is 26.2 Å². The van der Waals surface area contributed by atoms with Gasteiger partial charge in [-0.3, -0.25) is 4.79 Å². The predicted molar refractivity (Wildman–Crippen MR) is 47.7 cm³/mol. The molecule has 0 radical (unpaired) electrons. The summed E-state index contributed by atoms with van der Waals surface area (Å²) in [5, 5.41) is 2.26. The highest BCUT2D eigenvalue weighted by Crippen LogP contribution is 2.16. The summed E-state index contributed by atoms with van der Waals surface area (Å²) in [6, 6.07) is 0. The number of nitrogens with zero attached hydrogens (tertiary/aromatic N) is 1. The quantitative estimate of drug-likeness (QED) is 0.521. The zero-order chi connectivity index (χ0) is 9.19. The molecule has 1 amide bonds. The maximum Gasteiger partial charge on any atom is 0.228 e. The number of quaternary nitrogens is 1. The molecule has 0 unspecified atom stereocenters. The topological polar surface area (TPSA) is 36.9 Å². The third-order valence-corrected chi connectivity index (χ3v) is 2.14. The van der Waals surface area contributed by atoms with E-state index in [0.717, 1.165) is 26.2 Å². The molecule has 1 fully saturated rings. The van der Waals surface area contributed by atoms with E-state index < -0.39 is 0 Å². The van der Waals surface area contributed by atoms with Crippen LogP contribution in [0.1, 0.15) is 20.8 Å². The maximum atomic E-state index is 11.7. The summed E-state index contributed by atoms with van der Waals surface area (Å²) in [5.41, 5.74) is -0.211. The van der Waals surface area contributed by atoms with Crippen molar-refractivity contribution in [1.82, 2.24) is 4.90 Å². The van der Waals surface area contributed by atoms with Crippen molar-refractivity contribution in [3.63, 3.8) is 0 Å². The number of hydrogen-bond acceptors (Lipinski definition) is 1. The minimum absolute atomic E-state index is 0.211. The number of piperazine rings is 1. The molecule has 12 heavy (non-hydrogen) atoms. The largest absolute Gasteiger partial charge is 0.343 e. The molecule has 1 heterocycles. The molecule has 0 bridgehead atoms. The molecule has 1 aliphatic rings. The van der Waals surface area contributed by atoms with Gasteiger partial charge in [-0.25, -0.2) is 0 Å². The molecule has 0 spiro atoms. The second-order valence-electron chi connectivity index (χ2n) is 4.41. The summed E-state index contributed by atoms with van der Waals surface area (Å²) in [6.07, 6.45) is 0. The van der Waals surface area contributed by atoms with Crippen LogP contribution in [0.25, 0.3) is 0 Å². The van der Waals surface area contributed by atoms with Crippen LogP contribution in [0.4, 0.5) is 0 Å². The maximum absolute atomic E-state index is 11.7. The van der Waals surface area contributed by atoms with Crippen molar-refractivity contribution in [3.05, 3.63) is 0 Å². The van der Waals surface area contributed by atoms with Crippen LogP contribution in [0.5, 0.6) is 0 Å². The van der Waals surface area contributed by atoms with Crippen LogP contribution in [-0.4, -0.2) is 37.0 Å². The molecule has 0 aromatic rings. The summed E-state index contributed by atoms with van der Waals surface area (Å²) < 4.78 is 0. The van der Waals surface area contributed by atoms with Crippen LogP contribution in [-0.2, 0) is 4.79 Å². The molecule has 0 aromatic heterocycles. The lowest BCUT2D eigenvalue weighted by Gasteiger charge is -2.31. The molecule has 3 nitrogen and oxygen atoms in total. The lowest BCUT2D eigenvalue weighted by Crippen LogP contribution is -2.90. The average molecular weight is 171 g/mol. The van der Waals surface area contributed by atoms with Crippen molar-refractivity contribution < 1.29 is 10.1 Å². The first-order valence-corrected chi connectivity index (χ1v) is 4.63. The zero-order valence-corrected chi connectivity index (χ0v) is 8.26. The minimum Gasteiger partial charge on any atom is -0.343 e. The third-order valence-electron chi connectivity index (χ3n) is 2.14. The van der Waals surface area contributed by atoms with E-state index in [-0.39, 0.29) is 11.3 Å². The van der Waals surface area contributed by atoms with Gasteiger partial charge in [0.15, 0.2) is 0 Å². The Labute approximate surface area is 74.1 Å². The molecular formula is C9H19N2O+.